The quantitative estimate of drug-likeness (QED) is 0.156. The van der Waals surface area contributed by atoms with E-state index in [1.54, 1.807) is 28.1 Å². The molecule has 0 saturated carbocycles. The summed E-state index contributed by atoms with van der Waals surface area (Å²) in [4.78, 5) is 61.1. The highest BCUT2D eigenvalue weighted by molar-refractivity contribution is 5.90. The van der Waals surface area contributed by atoms with E-state index in [1.165, 1.54) is 23.8 Å². The largest absolute Gasteiger partial charge is 0.480 e. The first-order valence-electron chi connectivity index (χ1n) is 10.2. The highest BCUT2D eigenvalue weighted by atomic mass is 16.4. The fourth-order valence-corrected chi connectivity index (χ4v) is 1.33. The van der Waals surface area contributed by atoms with Crippen molar-refractivity contribution in [2.45, 2.75) is 45.6 Å². The topological polar surface area (TPSA) is 162 Å². The van der Waals surface area contributed by atoms with Gasteiger partial charge in [0.25, 0.3) is 0 Å². The lowest BCUT2D eigenvalue weighted by Crippen LogP contribution is -2.32. The Bertz CT molecular complexity index is 514. The standard InChI is InChI=1S/C8H12N2O3.C6H12O.C4H9NO2.C3H7NO/c1-10(5-4-9-7-12)8(13)3-2-6-11;1-2-3-4-5-6-7;1-3(5-2)4(6)7;1-4-2-3-5/h2-3,6-7H,4-5H2,1H3,(H,9,12);6H,2-5H2,1H3;3,5H,1-2H3,(H,6,7);3-4H,2H2,1H3/b3-2-;;;. The van der Waals surface area contributed by atoms with Gasteiger partial charge in [-0.05, 0) is 33.5 Å². The molecule has 11 nitrogen and oxygen atoms in total. The summed E-state index contributed by atoms with van der Waals surface area (Å²) in [5, 5.41) is 15.8. The molecule has 0 spiro atoms. The Balaban J connectivity index is -0.000000176. The van der Waals surface area contributed by atoms with Gasteiger partial charge in [0.2, 0.25) is 12.3 Å². The maximum atomic E-state index is 11.1. The van der Waals surface area contributed by atoms with Gasteiger partial charge in [-0.3, -0.25) is 19.2 Å². The van der Waals surface area contributed by atoms with Crippen LogP contribution in [0.15, 0.2) is 12.2 Å². The highest BCUT2D eigenvalue weighted by Gasteiger charge is 2.04. The third kappa shape index (κ3) is 37.8. The number of carboxylic acids is 1. The van der Waals surface area contributed by atoms with Gasteiger partial charge in [-0.25, -0.2) is 0 Å². The van der Waals surface area contributed by atoms with Crippen molar-refractivity contribution in [2.75, 3.05) is 40.8 Å². The van der Waals surface area contributed by atoms with Crippen LogP contribution in [-0.2, 0) is 28.8 Å². The van der Waals surface area contributed by atoms with Crippen molar-refractivity contribution in [2.24, 2.45) is 0 Å². The lowest BCUT2D eigenvalue weighted by Gasteiger charge is -2.13. The van der Waals surface area contributed by atoms with E-state index in [0.717, 1.165) is 31.5 Å². The number of carbonyl (C=O) groups excluding carboxylic acids is 5. The number of aldehydes is 3. The summed E-state index contributed by atoms with van der Waals surface area (Å²) >= 11 is 0. The Morgan fingerprint density at radius 1 is 1.06 bits per heavy atom. The second kappa shape index (κ2) is 32.7. The maximum Gasteiger partial charge on any atom is 0.320 e. The van der Waals surface area contributed by atoms with Crippen LogP contribution < -0.4 is 16.0 Å². The Morgan fingerprint density at radius 3 is 2.00 bits per heavy atom. The molecule has 0 rings (SSSR count). The number of aliphatic carboxylic acids is 1. The molecule has 186 valence electrons. The first kappa shape index (κ1) is 36.5. The van der Waals surface area contributed by atoms with Crippen molar-refractivity contribution in [1.29, 1.82) is 0 Å². The van der Waals surface area contributed by atoms with Gasteiger partial charge < -0.3 is 35.5 Å². The van der Waals surface area contributed by atoms with Crippen LogP contribution in [0.2, 0.25) is 0 Å². The number of hydrogen-bond donors (Lipinski definition) is 4. The zero-order valence-corrected chi connectivity index (χ0v) is 19.8. The van der Waals surface area contributed by atoms with Gasteiger partial charge in [-0.2, -0.15) is 0 Å². The van der Waals surface area contributed by atoms with Crippen molar-refractivity contribution in [3.05, 3.63) is 12.2 Å². The zero-order chi connectivity index (χ0) is 25.6. The Hall–Kier alpha value is -2.92. The Morgan fingerprint density at radius 2 is 1.69 bits per heavy atom. The van der Waals surface area contributed by atoms with E-state index < -0.39 is 12.0 Å². The third-order valence-corrected chi connectivity index (χ3v) is 3.38. The first-order valence-corrected chi connectivity index (χ1v) is 10.2. The number of nitrogens with one attached hydrogen (secondary N) is 3. The number of amides is 2. The average molecular weight is 461 g/mol. The normalized spacial score (nSPS) is 9.91. The van der Waals surface area contributed by atoms with Crippen molar-refractivity contribution in [3.63, 3.8) is 0 Å². The minimum Gasteiger partial charge on any atom is -0.480 e. The molecule has 0 aromatic carbocycles. The molecule has 0 radical (unpaired) electrons. The fourth-order valence-electron chi connectivity index (χ4n) is 1.33. The number of unbranched alkanes of at least 4 members (excludes halogenated alkanes) is 3. The van der Waals surface area contributed by atoms with E-state index in [0.29, 0.717) is 32.3 Å². The predicted octanol–water partition coefficient (Wildman–Crippen LogP) is -0.205. The number of allylic oxidation sites excluding steroid dienone is 1. The lowest BCUT2D eigenvalue weighted by atomic mass is 10.2. The van der Waals surface area contributed by atoms with Crippen molar-refractivity contribution in [3.8, 4) is 0 Å². The summed E-state index contributed by atoms with van der Waals surface area (Å²) in [5.74, 6) is -1.08. The maximum absolute atomic E-state index is 11.1. The van der Waals surface area contributed by atoms with E-state index >= 15 is 0 Å². The molecule has 0 fully saturated rings. The number of likely N-dealkylation sites (N-methyl/N-ethyl adjacent to an activating group) is 3. The average Bonchev–Trinajstić information content (AvgIpc) is 2.79. The predicted molar refractivity (Wildman–Crippen MR) is 123 cm³/mol. The van der Waals surface area contributed by atoms with Crippen LogP contribution in [0.3, 0.4) is 0 Å². The monoisotopic (exact) mass is 460 g/mol. The summed E-state index contributed by atoms with van der Waals surface area (Å²) in [6.07, 6.45) is 9.42. The van der Waals surface area contributed by atoms with Crippen LogP contribution in [0, 0.1) is 0 Å². The molecule has 1 unspecified atom stereocenters. The van der Waals surface area contributed by atoms with E-state index in [1.807, 2.05) is 0 Å². The second-order valence-corrected chi connectivity index (χ2v) is 6.06. The van der Waals surface area contributed by atoms with E-state index in [2.05, 4.69) is 22.9 Å². The number of rotatable bonds is 14. The molecule has 0 bridgehead atoms. The molecular formula is C21H40N4O7. The molecule has 0 saturated heterocycles. The molecule has 0 aromatic heterocycles. The number of hydrogen-bond acceptors (Lipinski definition) is 8. The first-order chi connectivity index (χ1) is 15.2. The molecule has 32 heavy (non-hydrogen) atoms. The smallest absolute Gasteiger partial charge is 0.320 e. The zero-order valence-electron chi connectivity index (χ0n) is 19.8. The molecule has 11 heteroatoms. The van der Waals surface area contributed by atoms with Crippen LogP contribution in [0.25, 0.3) is 0 Å². The second-order valence-electron chi connectivity index (χ2n) is 6.06. The van der Waals surface area contributed by atoms with Crippen molar-refractivity contribution in [1.82, 2.24) is 20.9 Å². The summed E-state index contributed by atoms with van der Waals surface area (Å²) in [6, 6.07) is -0.431. The van der Waals surface area contributed by atoms with Crippen LogP contribution in [0.1, 0.15) is 39.5 Å². The SMILES string of the molecule is CCCCCC=O.CN(CCNC=O)C(=O)/C=C\C=O.CNC(C)C(=O)O.CNCC=O. The van der Waals surface area contributed by atoms with Gasteiger partial charge in [-0.1, -0.05) is 19.8 Å². The molecule has 0 heterocycles. The number of carbonyl (C=O) groups is 6. The summed E-state index contributed by atoms with van der Waals surface area (Å²) in [5.41, 5.74) is 0. The summed E-state index contributed by atoms with van der Waals surface area (Å²) in [6.45, 7) is 4.99. The summed E-state index contributed by atoms with van der Waals surface area (Å²) < 4.78 is 0. The molecular weight excluding hydrogens is 420 g/mol. The molecule has 0 aliphatic carbocycles. The minimum atomic E-state index is -0.817. The van der Waals surface area contributed by atoms with Crippen molar-refractivity contribution >= 4 is 37.1 Å². The van der Waals surface area contributed by atoms with Gasteiger partial charge in [-0.15, -0.1) is 0 Å². The number of carboxylic acid groups (broad SMARTS) is 1. The van der Waals surface area contributed by atoms with Gasteiger partial charge in [0.05, 0.1) is 6.54 Å². The molecule has 0 aliphatic heterocycles. The van der Waals surface area contributed by atoms with Crippen LogP contribution in [0.4, 0.5) is 0 Å². The fraction of sp³-hybridized carbons (Fsp3) is 0.619. The molecule has 2 amide bonds. The molecule has 0 aromatic rings. The van der Waals surface area contributed by atoms with E-state index in [4.69, 9.17) is 5.11 Å². The highest BCUT2D eigenvalue weighted by Crippen LogP contribution is 1.94. The Kier molecular flexibility index (Phi) is 37.3. The van der Waals surface area contributed by atoms with Crippen molar-refractivity contribution < 1.29 is 33.9 Å². The van der Waals surface area contributed by atoms with Crippen LogP contribution in [0.5, 0.6) is 0 Å². The van der Waals surface area contributed by atoms with Crippen LogP contribution in [-0.4, -0.2) is 94.0 Å². The third-order valence-electron chi connectivity index (χ3n) is 3.38. The van der Waals surface area contributed by atoms with E-state index in [-0.39, 0.29) is 5.91 Å². The summed E-state index contributed by atoms with van der Waals surface area (Å²) in [7, 11) is 4.93. The minimum absolute atomic E-state index is 0.264. The Labute approximate surface area is 191 Å². The lowest BCUT2D eigenvalue weighted by molar-refractivity contribution is -0.138. The van der Waals surface area contributed by atoms with E-state index in [9.17, 15) is 28.8 Å². The number of nitrogens with zero attached hydrogens (tertiary/aromatic N) is 1. The van der Waals surface area contributed by atoms with Gasteiger partial charge in [0.15, 0.2) is 0 Å². The van der Waals surface area contributed by atoms with Gasteiger partial charge >= 0.3 is 5.97 Å². The van der Waals surface area contributed by atoms with Gasteiger partial charge in [0.1, 0.15) is 24.9 Å². The van der Waals surface area contributed by atoms with Gasteiger partial charge in [0, 0.05) is 32.6 Å². The molecule has 1 atom stereocenters. The molecule has 0 aliphatic rings. The van der Waals surface area contributed by atoms with Crippen LogP contribution >= 0.6 is 0 Å². The molecule has 4 N–H and O–H groups in total.